The highest BCUT2D eigenvalue weighted by Gasteiger charge is 2.25. The molecule has 3 nitrogen and oxygen atoms in total. The van der Waals surface area contributed by atoms with E-state index >= 15 is 0 Å². The fourth-order valence-corrected chi connectivity index (χ4v) is 4.21. The average molecular weight is 487 g/mol. The average Bonchev–Trinajstić information content (AvgIpc) is 2.58. The Morgan fingerprint density at radius 1 is 1.10 bits per heavy atom. The molecule has 2 rings (SSSR count). The van der Waals surface area contributed by atoms with Gasteiger partial charge in [-0.05, 0) is 55.5 Å². The van der Waals surface area contributed by atoms with Crippen molar-refractivity contribution in [2.45, 2.75) is 59.7 Å². The Bertz CT molecular complexity index is 829. The molecule has 0 saturated heterocycles. The molecule has 0 atom stereocenters. The van der Waals surface area contributed by atoms with E-state index in [1.54, 1.807) is 19.2 Å². The van der Waals surface area contributed by atoms with Gasteiger partial charge in [0.15, 0.2) is 11.5 Å². The molecule has 0 aliphatic rings. The Labute approximate surface area is 187 Å². The van der Waals surface area contributed by atoms with Crippen LogP contribution in [0.25, 0.3) is 0 Å². The topological polar surface area (TPSA) is 30.5 Å². The van der Waals surface area contributed by atoms with E-state index in [9.17, 15) is 4.39 Å². The lowest BCUT2D eigenvalue weighted by molar-refractivity contribution is 0.240. The molecule has 0 radical (unpaired) electrons. The van der Waals surface area contributed by atoms with Crippen LogP contribution in [0, 0.1) is 11.2 Å². The molecule has 2 aromatic rings. The molecule has 0 aromatic heterocycles. The zero-order valence-corrected chi connectivity index (χ0v) is 20.3. The molecule has 6 heteroatoms. The van der Waals surface area contributed by atoms with Crippen LogP contribution in [0.2, 0.25) is 5.02 Å². The first-order chi connectivity index (χ1) is 13.4. The van der Waals surface area contributed by atoms with E-state index in [4.69, 9.17) is 21.1 Å². The molecule has 0 fully saturated rings. The van der Waals surface area contributed by atoms with Gasteiger partial charge in [0.1, 0.15) is 12.4 Å². The number of methoxy groups -OCH3 is 1. The van der Waals surface area contributed by atoms with Gasteiger partial charge >= 0.3 is 0 Å². The summed E-state index contributed by atoms with van der Waals surface area (Å²) in [5.41, 5.74) is 1.60. The quantitative estimate of drug-likeness (QED) is 0.430. The maximum atomic E-state index is 14.0. The van der Waals surface area contributed by atoms with Crippen LogP contribution in [0.15, 0.2) is 34.8 Å². The highest BCUT2D eigenvalue weighted by Crippen LogP contribution is 2.35. The molecule has 1 N–H and O–H groups in total. The van der Waals surface area contributed by atoms with Gasteiger partial charge in [-0.3, -0.25) is 0 Å². The molecular formula is C23H30BrClFNO2. The lowest BCUT2D eigenvalue weighted by Crippen LogP contribution is -2.41. The largest absolute Gasteiger partial charge is 0.493 e. The Morgan fingerprint density at radius 2 is 1.79 bits per heavy atom. The van der Waals surface area contributed by atoms with E-state index in [0.29, 0.717) is 28.6 Å². The van der Waals surface area contributed by atoms with Crippen molar-refractivity contribution < 1.29 is 13.9 Å². The summed E-state index contributed by atoms with van der Waals surface area (Å²) in [5, 5.41) is 3.96. The zero-order chi connectivity index (χ0) is 21.8. The minimum absolute atomic E-state index is 0.0122. The first kappa shape index (κ1) is 24.0. The van der Waals surface area contributed by atoms with Crippen LogP contribution in [-0.4, -0.2) is 12.6 Å². The fraction of sp³-hybridized carbons (Fsp3) is 0.478. The minimum Gasteiger partial charge on any atom is -0.493 e. The van der Waals surface area contributed by atoms with Crippen molar-refractivity contribution in [3.05, 3.63) is 56.8 Å². The summed E-state index contributed by atoms with van der Waals surface area (Å²) in [6.45, 7) is 11.8. The number of hydrogen-bond donors (Lipinski definition) is 1. The van der Waals surface area contributed by atoms with Crippen molar-refractivity contribution in [3.8, 4) is 11.5 Å². The van der Waals surface area contributed by atoms with Crippen LogP contribution >= 0.6 is 27.5 Å². The normalized spacial score (nSPS) is 12.2. The summed E-state index contributed by atoms with van der Waals surface area (Å²) >= 11 is 9.71. The summed E-state index contributed by atoms with van der Waals surface area (Å²) in [6.07, 6.45) is 1.04. The van der Waals surface area contributed by atoms with Crippen molar-refractivity contribution >= 4 is 27.5 Å². The fourth-order valence-electron chi connectivity index (χ4n) is 3.53. The molecule has 0 heterocycles. The van der Waals surface area contributed by atoms with Crippen LogP contribution in [-0.2, 0) is 13.2 Å². The molecule has 0 saturated carbocycles. The summed E-state index contributed by atoms with van der Waals surface area (Å²) in [7, 11) is 1.59. The van der Waals surface area contributed by atoms with Crippen molar-refractivity contribution in [1.82, 2.24) is 5.32 Å². The van der Waals surface area contributed by atoms with Gasteiger partial charge in [0.2, 0.25) is 0 Å². The van der Waals surface area contributed by atoms with E-state index in [0.717, 1.165) is 16.5 Å². The van der Waals surface area contributed by atoms with Crippen molar-refractivity contribution in [2.75, 3.05) is 7.11 Å². The van der Waals surface area contributed by atoms with E-state index in [-0.39, 0.29) is 17.6 Å². The van der Waals surface area contributed by atoms with Gasteiger partial charge in [-0.2, -0.15) is 0 Å². The molecule has 0 aliphatic carbocycles. The first-order valence-corrected chi connectivity index (χ1v) is 10.8. The Morgan fingerprint density at radius 3 is 2.38 bits per heavy atom. The summed E-state index contributed by atoms with van der Waals surface area (Å²) < 4.78 is 26.2. The number of nitrogens with one attached hydrogen (secondary N) is 1. The van der Waals surface area contributed by atoms with Gasteiger partial charge in [0, 0.05) is 22.1 Å². The van der Waals surface area contributed by atoms with Gasteiger partial charge in [0.25, 0.3) is 0 Å². The van der Waals surface area contributed by atoms with Crippen LogP contribution in [0.3, 0.4) is 0 Å². The molecule has 0 spiro atoms. The number of benzene rings is 2. The van der Waals surface area contributed by atoms with Gasteiger partial charge in [0.05, 0.1) is 12.1 Å². The predicted octanol–water partition coefficient (Wildman–Crippen LogP) is 7.13. The Hall–Kier alpha value is -1.30. The molecule has 0 aliphatic heterocycles. The predicted molar refractivity (Wildman–Crippen MR) is 121 cm³/mol. The van der Waals surface area contributed by atoms with E-state index in [2.05, 4.69) is 55.9 Å². The Kier molecular flexibility index (Phi) is 8.00. The van der Waals surface area contributed by atoms with Crippen molar-refractivity contribution in [1.29, 1.82) is 0 Å². The van der Waals surface area contributed by atoms with Crippen LogP contribution in [0.5, 0.6) is 11.5 Å². The second kappa shape index (κ2) is 9.67. The van der Waals surface area contributed by atoms with Gasteiger partial charge in [-0.1, -0.05) is 54.4 Å². The number of halogens is 3. The van der Waals surface area contributed by atoms with Crippen LogP contribution in [0.4, 0.5) is 4.39 Å². The summed E-state index contributed by atoms with van der Waals surface area (Å²) in [4.78, 5) is 0. The molecule has 29 heavy (non-hydrogen) atoms. The second-order valence-electron chi connectivity index (χ2n) is 9.06. The highest BCUT2D eigenvalue weighted by molar-refractivity contribution is 9.10. The number of ether oxygens (including phenoxy) is 2. The lowest BCUT2D eigenvalue weighted by atomic mass is 9.82. The van der Waals surface area contributed by atoms with Gasteiger partial charge < -0.3 is 14.8 Å². The van der Waals surface area contributed by atoms with Crippen molar-refractivity contribution in [3.63, 3.8) is 0 Å². The Balaban J connectivity index is 2.14. The third kappa shape index (κ3) is 7.16. The minimum atomic E-state index is -0.391. The molecule has 160 valence electrons. The molecule has 2 aromatic carbocycles. The first-order valence-electron chi connectivity index (χ1n) is 9.59. The highest BCUT2D eigenvalue weighted by atomic mass is 79.9. The smallest absolute Gasteiger partial charge is 0.162 e. The van der Waals surface area contributed by atoms with E-state index in [1.807, 2.05) is 12.1 Å². The summed E-state index contributed by atoms with van der Waals surface area (Å²) in [5.74, 6) is 0.722. The van der Waals surface area contributed by atoms with E-state index in [1.165, 1.54) is 6.07 Å². The van der Waals surface area contributed by atoms with Gasteiger partial charge in [-0.15, -0.1) is 0 Å². The van der Waals surface area contributed by atoms with Crippen LogP contribution < -0.4 is 14.8 Å². The second-order valence-corrected chi connectivity index (χ2v) is 10.3. The zero-order valence-electron chi connectivity index (χ0n) is 18.0. The molecule has 0 amide bonds. The molecular weight excluding hydrogens is 457 g/mol. The molecule has 0 unspecified atom stereocenters. The standard InChI is InChI=1S/C23H30BrClFNO2/c1-22(2,3)14-23(4,5)27-12-15-10-20(28-6)21(11-17(15)24)29-13-16-18(25)8-7-9-19(16)26/h7-11,27H,12-14H2,1-6H3. The monoisotopic (exact) mass is 485 g/mol. The third-order valence-electron chi connectivity index (χ3n) is 4.50. The van der Waals surface area contributed by atoms with Gasteiger partial charge in [-0.25, -0.2) is 4.39 Å². The SMILES string of the molecule is COc1cc(CNC(C)(C)CC(C)(C)C)c(Br)cc1OCc1c(F)cccc1Cl. The number of rotatable bonds is 8. The number of hydrogen-bond acceptors (Lipinski definition) is 3. The third-order valence-corrected chi connectivity index (χ3v) is 5.59. The lowest BCUT2D eigenvalue weighted by Gasteiger charge is -2.33. The van der Waals surface area contributed by atoms with Crippen LogP contribution in [0.1, 0.15) is 52.2 Å². The maximum Gasteiger partial charge on any atom is 0.162 e. The van der Waals surface area contributed by atoms with E-state index < -0.39 is 5.82 Å². The summed E-state index contributed by atoms with van der Waals surface area (Å²) in [6, 6.07) is 8.36. The van der Waals surface area contributed by atoms with Crippen molar-refractivity contribution in [2.24, 2.45) is 5.41 Å². The maximum absolute atomic E-state index is 14.0. The molecule has 0 bridgehead atoms.